The molecule has 0 amide bonds. The van der Waals surface area contributed by atoms with Gasteiger partial charge >= 0.3 is 0 Å². The monoisotopic (exact) mass is 344 g/mol. The quantitative estimate of drug-likeness (QED) is 0.862. The molecule has 7 heteroatoms. The van der Waals surface area contributed by atoms with Crippen LogP contribution in [-0.4, -0.2) is 14.7 Å². The lowest BCUT2D eigenvalue weighted by molar-refractivity contribution is 0.607. The van der Waals surface area contributed by atoms with Gasteiger partial charge in [0.15, 0.2) is 0 Å². The average molecular weight is 345 g/mol. The molecular formula is C14H14Cl2N2O2S. The smallest absolute Gasteiger partial charge is 0.229 e. The fourth-order valence-corrected chi connectivity index (χ4v) is 2.83. The topological polar surface area (TPSA) is 58.2 Å². The molecule has 0 saturated heterocycles. The number of para-hydroxylation sites is 2. The standard InChI is InChI=1S/C14H14Cl2N2O2S/c1-21(19,20)18-14-5-3-2-4-13(14)17-9-10-6-7-11(15)8-12(10)16/h2-8,17-18H,9H2,1H3. The van der Waals surface area contributed by atoms with Crippen LogP contribution >= 0.6 is 23.2 Å². The predicted molar refractivity (Wildman–Crippen MR) is 88.7 cm³/mol. The van der Waals surface area contributed by atoms with Crippen molar-refractivity contribution < 1.29 is 8.42 Å². The molecule has 0 bridgehead atoms. The molecule has 0 aromatic heterocycles. The Bertz CT molecular complexity index is 748. The summed E-state index contributed by atoms with van der Waals surface area (Å²) >= 11 is 12.0. The van der Waals surface area contributed by atoms with Crippen molar-refractivity contribution in [2.24, 2.45) is 0 Å². The molecule has 0 aliphatic carbocycles. The Morgan fingerprint density at radius 2 is 1.71 bits per heavy atom. The van der Waals surface area contributed by atoms with Crippen LogP contribution in [0.15, 0.2) is 42.5 Å². The molecule has 2 N–H and O–H groups in total. The Morgan fingerprint density at radius 3 is 2.33 bits per heavy atom. The molecule has 0 aliphatic heterocycles. The summed E-state index contributed by atoms with van der Waals surface area (Å²) in [7, 11) is -3.33. The molecule has 0 unspecified atom stereocenters. The van der Waals surface area contributed by atoms with Crippen LogP contribution in [0.1, 0.15) is 5.56 Å². The zero-order valence-corrected chi connectivity index (χ0v) is 13.6. The van der Waals surface area contributed by atoms with Crippen LogP contribution in [0.3, 0.4) is 0 Å². The first-order chi connectivity index (χ1) is 9.85. The molecule has 0 fully saturated rings. The van der Waals surface area contributed by atoms with Crippen LogP contribution in [-0.2, 0) is 16.6 Å². The second kappa shape index (κ2) is 6.56. The summed E-state index contributed by atoms with van der Waals surface area (Å²) in [6, 6.07) is 12.3. The van der Waals surface area contributed by atoms with Gasteiger partial charge in [0.2, 0.25) is 10.0 Å². The largest absolute Gasteiger partial charge is 0.379 e. The third-order valence-electron chi connectivity index (χ3n) is 2.71. The Labute approximate surface area is 134 Å². The Balaban J connectivity index is 2.16. The van der Waals surface area contributed by atoms with Crippen molar-refractivity contribution >= 4 is 44.6 Å². The first kappa shape index (κ1) is 15.9. The van der Waals surface area contributed by atoms with Gasteiger partial charge in [-0.05, 0) is 29.8 Å². The fourth-order valence-electron chi connectivity index (χ4n) is 1.78. The second-order valence-electron chi connectivity index (χ2n) is 4.51. The number of nitrogens with one attached hydrogen (secondary N) is 2. The van der Waals surface area contributed by atoms with E-state index in [1.54, 1.807) is 30.3 Å². The minimum absolute atomic E-state index is 0.457. The van der Waals surface area contributed by atoms with Gasteiger partial charge in [0.25, 0.3) is 0 Å². The summed E-state index contributed by atoms with van der Waals surface area (Å²) in [4.78, 5) is 0. The minimum Gasteiger partial charge on any atom is -0.379 e. The number of benzene rings is 2. The zero-order chi connectivity index (χ0) is 15.5. The van der Waals surface area contributed by atoms with Crippen molar-refractivity contribution in [3.8, 4) is 0 Å². The van der Waals surface area contributed by atoms with E-state index in [-0.39, 0.29) is 0 Å². The zero-order valence-electron chi connectivity index (χ0n) is 11.2. The molecule has 4 nitrogen and oxygen atoms in total. The van der Waals surface area contributed by atoms with E-state index in [1.165, 1.54) is 0 Å². The summed E-state index contributed by atoms with van der Waals surface area (Å²) in [6.07, 6.45) is 1.11. The van der Waals surface area contributed by atoms with Crippen LogP contribution < -0.4 is 10.0 Å². The summed E-state index contributed by atoms with van der Waals surface area (Å²) in [5, 5.41) is 4.29. The van der Waals surface area contributed by atoms with Crippen molar-refractivity contribution in [2.45, 2.75) is 6.54 Å². The van der Waals surface area contributed by atoms with Crippen molar-refractivity contribution in [3.63, 3.8) is 0 Å². The van der Waals surface area contributed by atoms with Gasteiger partial charge in [-0.3, -0.25) is 4.72 Å². The molecule has 0 radical (unpaired) electrons. The Morgan fingerprint density at radius 1 is 1.05 bits per heavy atom. The maximum Gasteiger partial charge on any atom is 0.229 e. The van der Waals surface area contributed by atoms with E-state index in [0.29, 0.717) is 28.0 Å². The fraction of sp³-hybridized carbons (Fsp3) is 0.143. The second-order valence-corrected chi connectivity index (χ2v) is 7.10. The van der Waals surface area contributed by atoms with Gasteiger partial charge < -0.3 is 5.32 Å². The maximum atomic E-state index is 11.3. The van der Waals surface area contributed by atoms with Crippen molar-refractivity contribution in [1.82, 2.24) is 0 Å². The first-order valence-electron chi connectivity index (χ1n) is 6.10. The third kappa shape index (κ3) is 4.81. The molecule has 0 heterocycles. The number of rotatable bonds is 5. The van der Waals surface area contributed by atoms with Gasteiger partial charge in [-0.15, -0.1) is 0 Å². The highest BCUT2D eigenvalue weighted by Crippen LogP contribution is 2.25. The molecule has 2 aromatic rings. The van der Waals surface area contributed by atoms with E-state index >= 15 is 0 Å². The van der Waals surface area contributed by atoms with E-state index in [0.717, 1.165) is 11.8 Å². The van der Waals surface area contributed by atoms with E-state index in [9.17, 15) is 8.42 Å². The molecule has 0 saturated carbocycles. The van der Waals surface area contributed by atoms with E-state index < -0.39 is 10.0 Å². The lowest BCUT2D eigenvalue weighted by Crippen LogP contribution is -2.12. The summed E-state index contributed by atoms with van der Waals surface area (Å²) in [5.41, 5.74) is 2.04. The summed E-state index contributed by atoms with van der Waals surface area (Å²) in [5.74, 6) is 0. The first-order valence-corrected chi connectivity index (χ1v) is 8.74. The predicted octanol–water partition coefficient (Wildman–Crippen LogP) is 3.98. The normalized spacial score (nSPS) is 11.2. The van der Waals surface area contributed by atoms with Gasteiger partial charge in [0.05, 0.1) is 17.6 Å². The van der Waals surface area contributed by atoms with E-state index in [4.69, 9.17) is 23.2 Å². The van der Waals surface area contributed by atoms with Gasteiger partial charge in [-0.2, -0.15) is 0 Å². The molecule has 0 atom stereocenters. The van der Waals surface area contributed by atoms with Crippen LogP contribution in [0.2, 0.25) is 10.0 Å². The number of sulfonamides is 1. The summed E-state index contributed by atoms with van der Waals surface area (Å²) in [6.45, 7) is 0.457. The molecular weight excluding hydrogens is 331 g/mol. The van der Waals surface area contributed by atoms with Crippen molar-refractivity contribution in [1.29, 1.82) is 0 Å². The van der Waals surface area contributed by atoms with Gasteiger partial charge in [-0.25, -0.2) is 8.42 Å². The van der Waals surface area contributed by atoms with Crippen LogP contribution in [0.5, 0.6) is 0 Å². The minimum atomic E-state index is -3.33. The van der Waals surface area contributed by atoms with Crippen LogP contribution in [0.4, 0.5) is 11.4 Å². The lowest BCUT2D eigenvalue weighted by atomic mass is 10.2. The molecule has 21 heavy (non-hydrogen) atoms. The number of hydrogen-bond donors (Lipinski definition) is 2. The van der Waals surface area contributed by atoms with E-state index in [1.807, 2.05) is 12.1 Å². The van der Waals surface area contributed by atoms with Crippen LogP contribution in [0, 0.1) is 0 Å². The Hall–Kier alpha value is -1.43. The molecule has 2 aromatic carbocycles. The number of hydrogen-bond acceptors (Lipinski definition) is 3. The average Bonchev–Trinajstić information content (AvgIpc) is 2.37. The number of halogens is 2. The number of anilines is 2. The molecule has 0 spiro atoms. The maximum absolute atomic E-state index is 11.3. The van der Waals surface area contributed by atoms with Crippen LogP contribution in [0.25, 0.3) is 0 Å². The van der Waals surface area contributed by atoms with Crippen molar-refractivity contribution in [3.05, 3.63) is 58.1 Å². The molecule has 112 valence electrons. The summed E-state index contributed by atoms with van der Waals surface area (Å²) < 4.78 is 25.2. The Kier molecular flexibility index (Phi) is 4.98. The highest BCUT2D eigenvalue weighted by molar-refractivity contribution is 7.92. The van der Waals surface area contributed by atoms with Gasteiger partial charge in [0.1, 0.15) is 0 Å². The highest BCUT2D eigenvalue weighted by Gasteiger charge is 2.07. The highest BCUT2D eigenvalue weighted by atomic mass is 35.5. The third-order valence-corrected chi connectivity index (χ3v) is 3.88. The lowest BCUT2D eigenvalue weighted by Gasteiger charge is -2.13. The SMILES string of the molecule is CS(=O)(=O)Nc1ccccc1NCc1ccc(Cl)cc1Cl. The molecule has 2 rings (SSSR count). The van der Waals surface area contributed by atoms with Gasteiger partial charge in [0, 0.05) is 16.6 Å². The van der Waals surface area contributed by atoms with Crippen molar-refractivity contribution in [2.75, 3.05) is 16.3 Å². The van der Waals surface area contributed by atoms with E-state index in [2.05, 4.69) is 10.0 Å². The molecule has 0 aliphatic rings. The van der Waals surface area contributed by atoms with Gasteiger partial charge in [-0.1, -0.05) is 41.4 Å².